The van der Waals surface area contributed by atoms with E-state index in [2.05, 4.69) is 0 Å². The van der Waals surface area contributed by atoms with Gasteiger partial charge in [-0.1, -0.05) is 6.07 Å². The van der Waals surface area contributed by atoms with E-state index in [1.807, 2.05) is 18.2 Å². The second-order valence-electron chi connectivity index (χ2n) is 6.36. The molecule has 2 fully saturated rings. The van der Waals surface area contributed by atoms with Crippen LogP contribution >= 0.6 is 0 Å². The van der Waals surface area contributed by atoms with Crippen LogP contribution in [0.1, 0.15) is 44.1 Å². The lowest BCUT2D eigenvalue weighted by Crippen LogP contribution is -2.27. The molecule has 0 aliphatic carbocycles. The molecule has 0 N–H and O–H groups in total. The second-order valence-corrected chi connectivity index (χ2v) is 6.36. The van der Waals surface area contributed by atoms with E-state index in [9.17, 15) is 4.79 Å². The minimum absolute atomic E-state index is 0.193. The number of carbonyl (C=O) groups excluding carboxylic acids is 1. The molecular formula is C19H26O6. The van der Waals surface area contributed by atoms with Gasteiger partial charge in [0.25, 0.3) is 0 Å². The number of hydrogen-bond donors (Lipinski definition) is 0. The lowest BCUT2D eigenvalue weighted by molar-refractivity contribution is -0.139. The molecule has 2 aliphatic heterocycles. The number of esters is 1. The Morgan fingerprint density at radius 1 is 1.00 bits per heavy atom. The summed E-state index contributed by atoms with van der Waals surface area (Å²) in [5.74, 6) is 0.918. The first-order valence-electron chi connectivity index (χ1n) is 9.01. The van der Waals surface area contributed by atoms with E-state index >= 15 is 0 Å². The van der Waals surface area contributed by atoms with Crippen LogP contribution in [0.15, 0.2) is 18.2 Å². The summed E-state index contributed by atoms with van der Waals surface area (Å²) in [4.78, 5) is 11.5. The number of methoxy groups -OCH3 is 1. The molecule has 6 heteroatoms. The molecule has 0 amide bonds. The van der Waals surface area contributed by atoms with Crippen LogP contribution in [0, 0.1) is 0 Å². The summed E-state index contributed by atoms with van der Waals surface area (Å²) >= 11 is 0. The number of ether oxygens (including phenoxy) is 5. The van der Waals surface area contributed by atoms with Gasteiger partial charge in [0.05, 0.1) is 26.7 Å². The Kier molecular flexibility index (Phi) is 6.53. The number of benzene rings is 1. The van der Waals surface area contributed by atoms with Crippen molar-refractivity contribution >= 4 is 5.97 Å². The van der Waals surface area contributed by atoms with Crippen LogP contribution in [-0.2, 0) is 25.4 Å². The highest BCUT2D eigenvalue weighted by molar-refractivity contribution is 5.72. The van der Waals surface area contributed by atoms with Crippen molar-refractivity contribution in [3.63, 3.8) is 0 Å². The summed E-state index contributed by atoms with van der Waals surface area (Å²) < 4.78 is 28.1. The predicted octanol–water partition coefficient (Wildman–Crippen LogP) is 3.21. The third kappa shape index (κ3) is 5.34. The van der Waals surface area contributed by atoms with E-state index in [0.29, 0.717) is 24.7 Å². The molecule has 2 saturated heterocycles. The Morgan fingerprint density at radius 3 is 2.20 bits per heavy atom. The second kappa shape index (κ2) is 9.06. The fourth-order valence-electron chi connectivity index (χ4n) is 2.98. The van der Waals surface area contributed by atoms with E-state index < -0.39 is 0 Å². The molecule has 3 rings (SSSR count). The molecule has 138 valence electrons. The van der Waals surface area contributed by atoms with Crippen LogP contribution in [-0.4, -0.2) is 38.9 Å². The quantitative estimate of drug-likeness (QED) is 0.734. The van der Waals surface area contributed by atoms with Gasteiger partial charge in [-0.15, -0.1) is 0 Å². The molecule has 0 bridgehead atoms. The maximum atomic E-state index is 11.5. The Morgan fingerprint density at radius 2 is 1.64 bits per heavy atom. The highest BCUT2D eigenvalue weighted by atomic mass is 16.7. The van der Waals surface area contributed by atoms with Gasteiger partial charge >= 0.3 is 5.97 Å². The van der Waals surface area contributed by atoms with Gasteiger partial charge in [0.15, 0.2) is 24.1 Å². The van der Waals surface area contributed by atoms with Gasteiger partial charge in [0, 0.05) is 12.8 Å². The zero-order valence-corrected chi connectivity index (χ0v) is 14.7. The first-order valence-corrected chi connectivity index (χ1v) is 9.01. The van der Waals surface area contributed by atoms with E-state index in [4.69, 9.17) is 23.7 Å². The number of carbonyl (C=O) groups is 1. The van der Waals surface area contributed by atoms with Gasteiger partial charge in [-0.05, 0) is 43.4 Å². The molecule has 6 nitrogen and oxygen atoms in total. The van der Waals surface area contributed by atoms with Crippen molar-refractivity contribution in [1.82, 2.24) is 0 Å². The third-order valence-electron chi connectivity index (χ3n) is 4.38. The van der Waals surface area contributed by atoms with Crippen molar-refractivity contribution in [2.24, 2.45) is 0 Å². The largest absolute Gasteiger partial charge is 0.469 e. The Hall–Kier alpha value is -1.79. The van der Waals surface area contributed by atoms with Crippen molar-refractivity contribution < 1.29 is 28.5 Å². The predicted molar refractivity (Wildman–Crippen MR) is 90.6 cm³/mol. The van der Waals surface area contributed by atoms with Crippen molar-refractivity contribution in [1.29, 1.82) is 0 Å². The van der Waals surface area contributed by atoms with Crippen LogP contribution in [0.4, 0.5) is 0 Å². The highest BCUT2D eigenvalue weighted by Gasteiger charge is 2.21. The fourth-order valence-corrected chi connectivity index (χ4v) is 2.98. The normalized spacial score (nSPS) is 23.7. The summed E-state index contributed by atoms with van der Waals surface area (Å²) in [5, 5.41) is 0. The maximum absolute atomic E-state index is 11.5. The molecule has 2 heterocycles. The molecule has 2 aliphatic rings. The zero-order chi connectivity index (χ0) is 17.5. The van der Waals surface area contributed by atoms with Crippen molar-refractivity contribution in [2.75, 3.05) is 20.3 Å². The van der Waals surface area contributed by atoms with Crippen molar-refractivity contribution in [2.45, 2.75) is 57.5 Å². The molecular weight excluding hydrogens is 324 g/mol. The Balaban J connectivity index is 1.74. The van der Waals surface area contributed by atoms with Gasteiger partial charge in [-0.2, -0.15) is 0 Å². The van der Waals surface area contributed by atoms with Crippen LogP contribution in [0.3, 0.4) is 0 Å². The smallest absolute Gasteiger partial charge is 0.309 e. The molecule has 1 aromatic rings. The summed E-state index contributed by atoms with van der Waals surface area (Å²) in [7, 11) is 1.38. The monoisotopic (exact) mass is 350 g/mol. The third-order valence-corrected chi connectivity index (χ3v) is 4.38. The summed E-state index contributed by atoms with van der Waals surface area (Å²) in [6.45, 7) is 1.42. The standard InChI is InChI=1S/C19H26O6/c1-21-17(20)13-14-8-9-15(24-18-6-2-4-10-22-18)16(12-14)25-19-7-3-5-11-23-19/h8-9,12,18-19H,2-7,10-11,13H2,1H3/t18-,19-/m0/s1. The van der Waals surface area contributed by atoms with Gasteiger partial charge in [0.2, 0.25) is 0 Å². The first-order chi connectivity index (χ1) is 12.2. The van der Waals surface area contributed by atoms with Gasteiger partial charge in [-0.25, -0.2) is 0 Å². The van der Waals surface area contributed by atoms with Gasteiger partial charge in [-0.3, -0.25) is 4.79 Å². The Bertz CT molecular complexity index is 561. The van der Waals surface area contributed by atoms with Crippen LogP contribution in [0.5, 0.6) is 11.5 Å². The van der Waals surface area contributed by atoms with Gasteiger partial charge in [0.1, 0.15) is 0 Å². The van der Waals surface area contributed by atoms with Crippen LogP contribution in [0.2, 0.25) is 0 Å². The average Bonchev–Trinajstić information content (AvgIpc) is 2.65. The van der Waals surface area contributed by atoms with Crippen molar-refractivity contribution in [3.05, 3.63) is 23.8 Å². The average molecular weight is 350 g/mol. The molecule has 1 aromatic carbocycles. The summed E-state index contributed by atoms with van der Waals surface area (Å²) in [6.07, 6.45) is 5.66. The molecule has 25 heavy (non-hydrogen) atoms. The molecule has 0 unspecified atom stereocenters. The summed E-state index contributed by atoms with van der Waals surface area (Å²) in [5.41, 5.74) is 0.814. The molecule has 0 saturated carbocycles. The van der Waals surface area contributed by atoms with Crippen molar-refractivity contribution in [3.8, 4) is 11.5 Å². The minimum Gasteiger partial charge on any atom is -0.469 e. The van der Waals surface area contributed by atoms with Crippen LogP contribution < -0.4 is 9.47 Å². The topological polar surface area (TPSA) is 63.2 Å². The molecule has 0 radical (unpaired) electrons. The van der Waals surface area contributed by atoms with Gasteiger partial charge < -0.3 is 23.7 Å². The highest BCUT2D eigenvalue weighted by Crippen LogP contribution is 2.33. The van der Waals surface area contributed by atoms with E-state index in [1.54, 1.807) is 0 Å². The SMILES string of the molecule is COC(=O)Cc1ccc(O[C@H]2CCCCO2)c(O[C@H]2CCCCO2)c1. The summed E-state index contributed by atoms with van der Waals surface area (Å²) in [6, 6.07) is 5.51. The van der Waals surface area contributed by atoms with E-state index in [0.717, 1.165) is 44.1 Å². The maximum Gasteiger partial charge on any atom is 0.309 e. The lowest BCUT2D eigenvalue weighted by Gasteiger charge is -2.27. The number of hydrogen-bond acceptors (Lipinski definition) is 6. The van der Waals surface area contributed by atoms with Crippen LogP contribution in [0.25, 0.3) is 0 Å². The minimum atomic E-state index is -0.288. The zero-order valence-electron chi connectivity index (χ0n) is 14.7. The first kappa shape index (κ1) is 18.0. The number of rotatable bonds is 6. The Labute approximate surface area is 148 Å². The molecule has 0 aromatic heterocycles. The molecule has 0 spiro atoms. The van der Waals surface area contributed by atoms with E-state index in [1.165, 1.54) is 7.11 Å². The molecule has 2 atom stereocenters. The lowest BCUT2D eigenvalue weighted by atomic mass is 10.1. The fraction of sp³-hybridized carbons (Fsp3) is 0.632. The van der Waals surface area contributed by atoms with E-state index in [-0.39, 0.29) is 25.0 Å².